The third-order valence-electron chi connectivity index (χ3n) is 5.96. The zero-order valence-electron chi connectivity index (χ0n) is 23.3. The zero-order chi connectivity index (χ0) is 29.1. The van der Waals surface area contributed by atoms with E-state index in [1.165, 1.54) is 60.9 Å². The lowest BCUT2D eigenvalue weighted by Gasteiger charge is -2.11. The predicted molar refractivity (Wildman–Crippen MR) is 155 cm³/mol. The first kappa shape index (κ1) is 29.6. The molecule has 3 aromatic carbocycles. The first-order chi connectivity index (χ1) is 19.4. The van der Waals surface area contributed by atoms with Gasteiger partial charge < -0.3 is 28.4 Å². The number of ether oxygens (including phenoxy) is 6. The molecule has 8 nitrogen and oxygen atoms in total. The van der Waals surface area contributed by atoms with Gasteiger partial charge in [-0.3, -0.25) is 9.59 Å². The van der Waals surface area contributed by atoms with Crippen LogP contribution in [0, 0.1) is 0 Å². The largest absolute Gasteiger partial charge is 0.493 e. The Morgan fingerprint density at radius 1 is 0.500 bits per heavy atom. The van der Waals surface area contributed by atoms with Gasteiger partial charge in [-0.2, -0.15) is 0 Å². The molecule has 3 aromatic rings. The molecule has 0 heterocycles. The highest BCUT2D eigenvalue weighted by Crippen LogP contribution is 2.34. The highest BCUT2D eigenvalue weighted by atomic mass is 16.5. The van der Waals surface area contributed by atoms with Crippen molar-refractivity contribution in [2.45, 2.75) is 0 Å². The number of hydrogen-bond donors (Lipinski definition) is 0. The van der Waals surface area contributed by atoms with E-state index in [0.29, 0.717) is 51.2 Å². The van der Waals surface area contributed by atoms with Crippen LogP contribution in [0.1, 0.15) is 16.7 Å². The number of allylic oxidation sites excluding steroid dienone is 3. The fraction of sp³-hybridized carbons (Fsp3) is 0.188. The van der Waals surface area contributed by atoms with E-state index >= 15 is 0 Å². The van der Waals surface area contributed by atoms with Crippen molar-refractivity contribution in [2.75, 3.05) is 42.7 Å². The lowest BCUT2D eigenvalue weighted by Crippen LogP contribution is -2.09. The van der Waals surface area contributed by atoms with Crippen molar-refractivity contribution >= 4 is 29.8 Å². The molecule has 0 saturated carbocycles. The molecule has 0 aliphatic heterocycles. The lowest BCUT2D eigenvalue weighted by atomic mass is 9.99. The average Bonchev–Trinajstić information content (AvgIpc) is 3.00. The second-order valence-electron chi connectivity index (χ2n) is 8.20. The monoisotopic (exact) mass is 544 g/mol. The molecule has 0 aromatic heterocycles. The van der Waals surface area contributed by atoms with Crippen molar-refractivity contribution < 1.29 is 38.0 Å². The standard InChI is InChI=1S/C32H32O8/c1-35-27-13-7-10-21(30(27)38-4)16-18-25(33)24(20-23-12-9-15-29(37-3)32(23)40-6)26(34)19-17-22-11-8-14-28(36-2)31(22)39-5/h7-20H,1-6H3/b18-16+,19-17+. The van der Waals surface area contributed by atoms with Crippen LogP contribution in [0.4, 0.5) is 0 Å². The molecule has 0 saturated heterocycles. The molecular weight excluding hydrogens is 512 g/mol. The van der Waals surface area contributed by atoms with Gasteiger partial charge in [0.05, 0.1) is 48.2 Å². The molecular formula is C32H32O8. The molecule has 0 N–H and O–H groups in total. The second kappa shape index (κ2) is 14.2. The molecule has 0 fully saturated rings. The summed E-state index contributed by atoms with van der Waals surface area (Å²) in [5, 5.41) is 0. The molecule has 0 amide bonds. The van der Waals surface area contributed by atoms with Gasteiger partial charge in [0.1, 0.15) is 0 Å². The summed E-state index contributed by atoms with van der Waals surface area (Å²) in [6.45, 7) is 0. The van der Waals surface area contributed by atoms with Gasteiger partial charge in [-0.15, -0.1) is 0 Å². The molecule has 3 rings (SSSR count). The maximum Gasteiger partial charge on any atom is 0.189 e. The van der Waals surface area contributed by atoms with E-state index in [-0.39, 0.29) is 5.57 Å². The number of carbonyl (C=O) groups excluding carboxylic acids is 2. The third kappa shape index (κ3) is 6.71. The van der Waals surface area contributed by atoms with Gasteiger partial charge in [-0.25, -0.2) is 0 Å². The van der Waals surface area contributed by atoms with Crippen LogP contribution in [0.5, 0.6) is 34.5 Å². The van der Waals surface area contributed by atoms with Crippen molar-refractivity contribution in [3.63, 3.8) is 0 Å². The average molecular weight is 545 g/mol. The van der Waals surface area contributed by atoms with Gasteiger partial charge in [0.15, 0.2) is 46.1 Å². The number of para-hydroxylation sites is 3. The highest BCUT2D eigenvalue weighted by Gasteiger charge is 2.18. The van der Waals surface area contributed by atoms with Crippen LogP contribution in [0.25, 0.3) is 18.2 Å². The number of benzene rings is 3. The Hall–Kier alpha value is -4.98. The first-order valence-corrected chi connectivity index (χ1v) is 12.2. The minimum Gasteiger partial charge on any atom is -0.493 e. The van der Waals surface area contributed by atoms with Crippen molar-refractivity contribution in [3.8, 4) is 34.5 Å². The van der Waals surface area contributed by atoms with Crippen LogP contribution >= 0.6 is 0 Å². The number of rotatable bonds is 13. The maximum atomic E-state index is 13.5. The molecule has 0 aliphatic rings. The zero-order valence-corrected chi connectivity index (χ0v) is 23.3. The third-order valence-corrected chi connectivity index (χ3v) is 5.96. The minimum absolute atomic E-state index is 0.0946. The van der Waals surface area contributed by atoms with Crippen LogP contribution in [0.2, 0.25) is 0 Å². The summed E-state index contributed by atoms with van der Waals surface area (Å²) in [4.78, 5) is 27.0. The maximum absolute atomic E-state index is 13.5. The van der Waals surface area contributed by atoms with E-state index < -0.39 is 11.6 Å². The van der Waals surface area contributed by atoms with Crippen LogP contribution in [0.3, 0.4) is 0 Å². The van der Waals surface area contributed by atoms with E-state index in [9.17, 15) is 9.59 Å². The summed E-state index contributed by atoms with van der Waals surface area (Å²) in [6.07, 6.45) is 7.25. The lowest BCUT2D eigenvalue weighted by molar-refractivity contribution is -0.116. The molecule has 40 heavy (non-hydrogen) atoms. The van der Waals surface area contributed by atoms with Crippen molar-refractivity contribution in [1.82, 2.24) is 0 Å². The molecule has 0 spiro atoms. The number of hydrogen-bond acceptors (Lipinski definition) is 8. The fourth-order valence-electron chi connectivity index (χ4n) is 4.04. The first-order valence-electron chi connectivity index (χ1n) is 12.2. The summed E-state index contributed by atoms with van der Waals surface area (Å²) >= 11 is 0. The van der Waals surface area contributed by atoms with Crippen LogP contribution in [-0.2, 0) is 9.59 Å². The topological polar surface area (TPSA) is 89.5 Å². The Labute approximate surface area is 234 Å². The fourth-order valence-corrected chi connectivity index (χ4v) is 4.04. The molecule has 0 unspecified atom stereocenters. The molecule has 8 heteroatoms. The van der Waals surface area contributed by atoms with E-state index in [1.807, 2.05) is 0 Å². The SMILES string of the molecule is COc1cccc(C=C(C(=O)/C=C/c2cccc(OC)c2OC)C(=O)/C=C/c2cccc(OC)c2OC)c1OC. The minimum atomic E-state index is -0.526. The van der Waals surface area contributed by atoms with E-state index in [1.54, 1.807) is 66.7 Å². The highest BCUT2D eigenvalue weighted by molar-refractivity contribution is 6.31. The van der Waals surface area contributed by atoms with E-state index in [2.05, 4.69) is 0 Å². The number of ketones is 2. The van der Waals surface area contributed by atoms with Gasteiger partial charge in [0.2, 0.25) is 0 Å². The Kier molecular flexibility index (Phi) is 10.5. The van der Waals surface area contributed by atoms with E-state index in [0.717, 1.165) is 0 Å². The van der Waals surface area contributed by atoms with Gasteiger partial charge >= 0.3 is 0 Å². The quantitative estimate of drug-likeness (QED) is 0.154. The summed E-state index contributed by atoms with van der Waals surface area (Å²) < 4.78 is 32.5. The Balaban J connectivity index is 2.08. The summed E-state index contributed by atoms with van der Waals surface area (Å²) in [5.74, 6) is 1.75. The smallest absolute Gasteiger partial charge is 0.189 e. The Morgan fingerprint density at radius 2 is 0.850 bits per heavy atom. The Bertz CT molecular complexity index is 1370. The van der Waals surface area contributed by atoms with Gasteiger partial charge in [0.25, 0.3) is 0 Å². The molecule has 0 bridgehead atoms. The van der Waals surface area contributed by atoms with Crippen LogP contribution in [0.15, 0.2) is 72.3 Å². The number of carbonyl (C=O) groups is 2. The van der Waals surface area contributed by atoms with Crippen molar-refractivity contribution in [3.05, 3.63) is 89.0 Å². The van der Waals surface area contributed by atoms with Crippen molar-refractivity contribution in [2.24, 2.45) is 0 Å². The van der Waals surface area contributed by atoms with Crippen molar-refractivity contribution in [1.29, 1.82) is 0 Å². The van der Waals surface area contributed by atoms with Gasteiger partial charge in [-0.05, 0) is 48.6 Å². The summed E-state index contributed by atoms with van der Waals surface area (Å²) in [5.41, 5.74) is 1.62. The Morgan fingerprint density at radius 3 is 1.20 bits per heavy atom. The molecule has 0 aliphatic carbocycles. The summed E-state index contributed by atoms with van der Waals surface area (Å²) in [6, 6.07) is 15.8. The second-order valence-corrected chi connectivity index (χ2v) is 8.20. The van der Waals surface area contributed by atoms with E-state index in [4.69, 9.17) is 28.4 Å². The van der Waals surface area contributed by atoms with Gasteiger partial charge in [0, 0.05) is 16.7 Å². The number of methoxy groups -OCH3 is 6. The summed E-state index contributed by atoms with van der Waals surface area (Å²) in [7, 11) is 9.08. The molecule has 0 atom stereocenters. The molecule has 0 radical (unpaired) electrons. The van der Waals surface area contributed by atoms with Crippen LogP contribution in [-0.4, -0.2) is 54.2 Å². The predicted octanol–water partition coefficient (Wildman–Crippen LogP) is 5.69. The normalized spacial score (nSPS) is 10.8. The van der Waals surface area contributed by atoms with Crippen LogP contribution < -0.4 is 28.4 Å². The molecule has 208 valence electrons. The van der Waals surface area contributed by atoms with Gasteiger partial charge in [-0.1, -0.05) is 36.4 Å².